The van der Waals surface area contributed by atoms with Crippen molar-refractivity contribution in [3.8, 4) is 0 Å². The highest BCUT2D eigenvalue weighted by Gasteiger charge is 2.49. The number of fused-ring (bicyclic) bond motifs is 2. The first-order valence-electron chi connectivity index (χ1n) is 7.96. The van der Waals surface area contributed by atoms with Crippen molar-refractivity contribution in [2.75, 3.05) is 6.61 Å². The maximum atomic E-state index is 12.0. The van der Waals surface area contributed by atoms with E-state index in [2.05, 4.69) is 13.8 Å². The van der Waals surface area contributed by atoms with Gasteiger partial charge in [0, 0.05) is 12.8 Å². The number of esters is 1. The Morgan fingerprint density at radius 2 is 2.05 bits per heavy atom. The first-order chi connectivity index (χ1) is 9.15. The van der Waals surface area contributed by atoms with E-state index in [0.29, 0.717) is 12.3 Å². The van der Waals surface area contributed by atoms with E-state index < -0.39 is 0 Å². The van der Waals surface area contributed by atoms with E-state index in [-0.39, 0.29) is 12.3 Å². The van der Waals surface area contributed by atoms with Crippen LogP contribution in [0, 0.1) is 29.6 Å². The van der Waals surface area contributed by atoms with E-state index in [0.717, 1.165) is 49.5 Å². The Balaban J connectivity index is 1.48. The number of carbonyl (C=O) groups is 1. The maximum Gasteiger partial charge on any atom is 0.308 e. The largest absolute Gasteiger partial charge is 0.436 e. The molecule has 0 N–H and O–H groups in total. The summed E-state index contributed by atoms with van der Waals surface area (Å²) in [5.41, 5.74) is 0. The smallest absolute Gasteiger partial charge is 0.308 e. The molecule has 3 heteroatoms. The van der Waals surface area contributed by atoms with Crippen LogP contribution in [0.5, 0.6) is 0 Å². The summed E-state index contributed by atoms with van der Waals surface area (Å²) < 4.78 is 10.9. The van der Waals surface area contributed by atoms with E-state index >= 15 is 0 Å². The highest BCUT2D eigenvalue weighted by atomic mass is 16.7. The fourth-order valence-electron chi connectivity index (χ4n) is 4.54. The topological polar surface area (TPSA) is 35.5 Å². The molecule has 0 radical (unpaired) electrons. The van der Waals surface area contributed by atoms with Crippen molar-refractivity contribution in [3.63, 3.8) is 0 Å². The lowest BCUT2D eigenvalue weighted by Gasteiger charge is -2.31. The molecule has 1 heterocycles. The predicted octanol–water partition coefficient (Wildman–Crippen LogP) is 3.37. The molecule has 1 aliphatic heterocycles. The van der Waals surface area contributed by atoms with Crippen LogP contribution in [0.1, 0.15) is 52.4 Å². The molecule has 0 spiro atoms. The summed E-state index contributed by atoms with van der Waals surface area (Å²) in [4.78, 5) is 12.0. The molecule has 0 amide bonds. The molecule has 3 fully saturated rings. The lowest BCUT2D eigenvalue weighted by molar-refractivity contribution is -0.188. The molecule has 0 aromatic rings. The van der Waals surface area contributed by atoms with Gasteiger partial charge in [-0.2, -0.15) is 0 Å². The highest BCUT2D eigenvalue weighted by Crippen LogP contribution is 2.55. The summed E-state index contributed by atoms with van der Waals surface area (Å²) in [6.45, 7) is 5.47. The lowest BCUT2D eigenvalue weighted by atomic mass is 9.74. The van der Waals surface area contributed by atoms with Crippen molar-refractivity contribution in [1.29, 1.82) is 0 Å². The van der Waals surface area contributed by atoms with Crippen LogP contribution in [0.25, 0.3) is 0 Å². The predicted molar refractivity (Wildman–Crippen MR) is 72.3 cm³/mol. The summed E-state index contributed by atoms with van der Waals surface area (Å²) >= 11 is 0. The van der Waals surface area contributed by atoms with Gasteiger partial charge in [0.1, 0.15) is 0 Å². The van der Waals surface area contributed by atoms with E-state index in [4.69, 9.17) is 9.47 Å². The number of rotatable bonds is 3. The van der Waals surface area contributed by atoms with Crippen molar-refractivity contribution < 1.29 is 14.3 Å². The molecule has 6 unspecified atom stereocenters. The monoisotopic (exact) mass is 266 g/mol. The van der Waals surface area contributed by atoms with Crippen molar-refractivity contribution in [1.82, 2.24) is 0 Å². The molecule has 2 bridgehead atoms. The van der Waals surface area contributed by atoms with Crippen LogP contribution in [0.15, 0.2) is 0 Å². The first-order valence-corrected chi connectivity index (χ1v) is 7.96. The zero-order valence-corrected chi connectivity index (χ0v) is 12.1. The van der Waals surface area contributed by atoms with Crippen molar-refractivity contribution >= 4 is 5.97 Å². The zero-order chi connectivity index (χ0) is 13.4. The van der Waals surface area contributed by atoms with Gasteiger partial charge in [-0.15, -0.1) is 0 Å². The zero-order valence-electron chi connectivity index (χ0n) is 12.1. The van der Waals surface area contributed by atoms with Crippen LogP contribution in [0.3, 0.4) is 0 Å². The van der Waals surface area contributed by atoms with Crippen LogP contribution in [-0.2, 0) is 14.3 Å². The Hall–Kier alpha value is -0.570. The van der Waals surface area contributed by atoms with Gasteiger partial charge in [-0.1, -0.05) is 13.8 Å². The second kappa shape index (κ2) is 5.43. The Bertz CT molecular complexity index is 333. The second-order valence-corrected chi connectivity index (χ2v) is 6.86. The summed E-state index contributed by atoms with van der Waals surface area (Å²) in [6.07, 6.45) is 5.98. The fraction of sp³-hybridized carbons (Fsp3) is 0.938. The van der Waals surface area contributed by atoms with E-state index in [1.54, 1.807) is 0 Å². The van der Waals surface area contributed by atoms with Gasteiger partial charge in [0.2, 0.25) is 6.29 Å². The Kier molecular flexibility index (Phi) is 3.84. The maximum absolute atomic E-state index is 12.0. The molecule has 2 saturated carbocycles. The third-order valence-corrected chi connectivity index (χ3v) is 5.86. The molecule has 2 aliphatic carbocycles. The molecular weight excluding hydrogens is 240 g/mol. The van der Waals surface area contributed by atoms with Gasteiger partial charge in [-0.05, 0) is 55.3 Å². The number of carbonyl (C=O) groups excluding carboxylic acids is 1. The molecule has 1 saturated heterocycles. The summed E-state index contributed by atoms with van der Waals surface area (Å²) in [5, 5.41) is 0. The number of hydrogen-bond acceptors (Lipinski definition) is 3. The van der Waals surface area contributed by atoms with Gasteiger partial charge in [0.15, 0.2) is 0 Å². The third-order valence-electron chi connectivity index (χ3n) is 5.86. The van der Waals surface area contributed by atoms with Crippen LogP contribution in [0.2, 0.25) is 0 Å². The molecule has 0 aromatic carbocycles. The minimum atomic E-state index is -0.267. The number of hydrogen-bond donors (Lipinski definition) is 0. The van der Waals surface area contributed by atoms with Gasteiger partial charge >= 0.3 is 5.97 Å². The first kappa shape index (κ1) is 13.4. The van der Waals surface area contributed by atoms with Gasteiger partial charge in [0.25, 0.3) is 0 Å². The Morgan fingerprint density at radius 1 is 1.21 bits per heavy atom. The fourth-order valence-corrected chi connectivity index (χ4v) is 4.54. The average Bonchev–Trinajstić information content (AvgIpc) is 2.91. The van der Waals surface area contributed by atoms with Crippen LogP contribution >= 0.6 is 0 Å². The van der Waals surface area contributed by atoms with Crippen molar-refractivity contribution in [3.05, 3.63) is 0 Å². The minimum Gasteiger partial charge on any atom is -0.436 e. The Labute approximate surface area is 116 Å². The SMILES string of the molecule is CC1C2CC(CC(=O)OC3CCCCO3)C(C2)C1C. The van der Waals surface area contributed by atoms with E-state index in [9.17, 15) is 4.79 Å². The normalized spacial score (nSPS) is 45.4. The molecule has 3 aliphatic rings. The van der Waals surface area contributed by atoms with E-state index in [1.807, 2.05) is 0 Å². The number of ether oxygens (including phenoxy) is 2. The van der Waals surface area contributed by atoms with Gasteiger partial charge in [-0.25, -0.2) is 0 Å². The Morgan fingerprint density at radius 3 is 2.68 bits per heavy atom. The second-order valence-electron chi connectivity index (χ2n) is 6.86. The van der Waals surface area contributed by atoms with Gasteiger partial charge < -0.3 is 9.47 Å². The summed E-state index contributed by atoms with van der Waals surface area (Å²) in [7, 11) is 0. The van der Waals surface area contributed by atoms with Crippen LogP contribution in [-0.4, -0.2) is 18.9 Å². The van der Waals surface area contributed by atoms with Crippen LogP contribution in [0.4, 0.5) is 0 Å². The molecule has 108 valence electrons. The molecule has 19 heavy (non-hydrogen) atoms. The lowest BCUT2D eigenvalue weighted by Crippen LogP contribution is -2.29. The highest BCUT2D eigenvalue weighted by molar-refractivity contribution is 5.70. The van der Waals surface area contributed by atoms with Crippen molar-refractivity contribution in [2.45, 2.75) is 58.7 Å². The standard InChI is InChI=1S/C16H26O3/c1-10-11(2)14-8-12(10)7-13(14)9-15(17)19-16-5-3-4-6-18-16/h10-14,16H,3-9H2,1-2H3. The molecule has 6 atom stereocenters. The third kappa shape index (κ3) is 2.67. The van der Waals surface area contributed by atoms with Gasteiger partial charge in [-0.3, -0.25) is 4.79 Å². The molecule has 0 aromatic heterocycles. The van der Waals surface area contributed by atoms with E-state index in [1.165, 1.54) is 12.8 Å². The van der Waals surface area contributed by atoms with Gasteiger partial charge in [0.05, 0.1) is 6.61 Å². The van der Waals surface area contributed by atoms with Crippen molar-refractivity contribution in [2.24, 2.45) is 29.6 Å². The summed E-state index contributed by atoms with van der Waals surface area (Å²) in [5.74, 6) is 3.75. The quantitative estimate of drug-likeness (QED) is 0.735. The minimum absolute atomic E-state index is 0.0377. The molecule has 3 nitrogen and oxygen atoms in total. The average molecular weight is 266 g/mol. The summed E-state index contributed by atoms with van der Waals surface area (Å²) in [6, 6.07) is 0. The molecule has 3 rings (SSSR count). The molecular formula is C16H26O3. The van der Waals surface area contributed by atoms with Crippen LogP contribution < -0.4 is 0 Å².